The fourth-order valence-corrected chi connectivity index (χ4v) is 4.79. The van der Waals surface area contributed by atoms with Crippen LogP contribution in [0.15, 0.2) is 63.5 Å². The van der Waals surface area contributed by atoms with Crippen molar-refractivity contribution in [3.05, 3.63) is 65.2 Å². The first-order chi connectivity index (χ1) is 14.2. The Hall–Kier alpha value is -3.04. The normalized spacial score (nSPS) is 18.8. The van der Waals surface area contributed by atoms with Crippen molar-refractivity contribution in [1.29, 1.82) is 5.41 Å². The zero-order valence-electron chi connectivity index (χ0n) is 15.0. The second kappa shape index (κ2) is 7.41. The van der Waals surface area contributed by atoms with Crippen molar-refractivity contribution in [2.75, 3.05) is 6.79 Å². The Kier molecular flexibility index (Phi) is 4.61. The highest BCUT2D eigenvalue weighted by Crippen LogP contribution is 2.35. The van der Waals surface area contributed by atoms with Crippen LogP contribution in [0.3, 0.4) is 0 Å². The van der Waals surface area contributed by atoms with Gasteiger partial charge >= 0.3 is 0 Å². The molecule has 0 bridgehead atoms. The molecular weight excluding hydrogens is 408 g/mol. The van der Waals surface area contributed by atoms with Crippen molar-refractivity contribution in [1.82, 2.24) is 4.90 Å². The number of ether oxygens (including phenoxy) is 2. The Labute approximate surface area is 175 Å². The van der Waals surface area contributed by atoms with Crippen LogP contribution in [0.25, 0.3) is 6.08 Å². The van der Waals surface area contributed by atoms with Gasteiger partial charge in [-0.3, -0.25) is 10.2 Å². The molecule has 0 unspecified atom stereocenters. The molecule has 3 aliphatic heterocycles. The monoisotopic (exact) mass is 422 g/mol. The topological polar surface area (TPSA) is 87.3 Å². The molecule has 0 spiro atoms. The molecule has 5 rings (SSSR count). The van der Waals surface area contributed by atoms with Crippen molar-refractivity contribution in [3.8, 4) is 11.5 Å². The molecule has 0 atom stereocenters. The zero-order chi connectivity index (χ0) is 19.8. The molecular formula is C20H14N4O3S2. The summed E-state index contributed by atoms with van der Waals surface area (Å²) in [5.74, 6) is 1.63. The van der Waals surface area contributed by atoms with Crippen LogP contribution in [-0.4, -0.2) is 33.8 Å². The number of carbonyl (C=O) groups excluding carboxylic acids is 1. The predicted octanol–water partition coefficient (Wildman–Crippen LogP) is 3.93. The third kappa shape index (κ3) is 3.43. The van der Waals surface area contributed by atoms with Crippen LogP contribution >= 0.6 is 23.7 Å². The van der Waals surface area contributed by atoms with E-state index in [1.54, 1.807) is 23.1 Å². The minimum absolute atomic E-state index is 0.0713. The highest BCUT2D eigenvalue weighted by molar-refractivity contribution is 8.18. The lowest BCUT2D eigenvalue weighted by molar-refractivity contribution is -0.114. The van der Waals surface area contributed by atoms with E-state index in [4.69, 9.17) is 14.9 Å². The van der Waals surface area contributed by atoms with Gasteiger partial charge in [-0.15, -0.1) is 0 Å². The number of aliphatic imine (C=N–C) groups is 1. The standard InChI is InChI=1S/C20H14N4O3S2/c21-17-14(8-13-6-7-15-16(9-13)27-11-26-15)18(25)22-19-24(17)20(23-29-19)28-10-12-4-2-1-3-5-12/h1-9,21H,10-11H2. The SMILES string of the molecule is N=C1C(=Cc2ccc3c(c2)OCO3)C(=O)N=C2SN=C(SCc3ccccc3)N12. The maximum Gasteiger partial charge on any atom is 0.283 e. The predicted molar refractivity (Wildman–Crippen MR) is 115 cm³/mol. The molecule has 0 fully saturated rings. The first-order valence-corrected chi connectivity index (χ1v) is 10.5. The molecule has 9 heteroatoms. The number of benzene rings is 2. The summed E-state index contributed by atoms with van der Waals surface area (Å²) in [6.07, 6.45) is 1.65. The second-order valence-electron chi connectivity index (χ2n) is 6.29. The Morgan fingerprint density at radius 2 is 2.00 bits per heavy atom. The van der Waals surface area contributed by atoms with Crippen LogP contribution in [0.2, 0.25) is 0 Å². The Morgan fingerprint density at radius 3 is 2.86 bits per heavy atom. The molecule has 2 aromatic rings. The molecule has 0 saturated carbocycles. The van der Waals surface area contributed by atoms with Crippen LogP contribution < -0.4 is 9.47 Å². The number of nitrogens with zero attached hydrogens (tertiary/aromatic N) is 3. The Balaban J connectivity index is 1.40. The number of rotatable bonds is 3. The molecule has 0 aliphatic carbocycles. The van der Waals surface area contributed by atoms with E-state index in [9.17, 15) is 4.79 Å². The minimum Gasteiger partial charge on any atom is -0.454 e. The van der Waals surface area contributed by atoms with Gasteiger partial charge in [-0.1, -0.05) is 48.2 Å². The van der Waals surface area contributed by atoms with E-state index in [0.717, 1.165) is 23.1 Å². The van der Waals surface area contributed by atoms with Gasteiger partial charge in [0.05, 0.1) is 17.5 Å². The quantitative estimate of drug-likeness (QED) is 0.596. The first kappa shape index (κ1) is 18.0. The zero-order valence-corrected chi connectivity index (χ0v) is 16.6. The molecule has 29 heavy (non-hydrogen) atoms. The molecule has 0 aromatic heterocycles. The van der Waals surface area contributed by atoms with Gasteiger partial charge in [0.15, 0.2) is 16.7 Å². The Morgan fingerprint density at radius 1 is 1.17 bits per heavy atom. The molecule has 0 radical (unpaired) electrons. The number of amides is 1. The molecule has 3 aliphatic rings. The van der Waals surface area contributed by atoms with Gasteiger partial charge in [-0.05, 0) is 29.3 Å². The van der Waals surface area contributed by atoms with Crippen LogP contribution in [0.5, 0.6) is 11.5 Å². The van der Waals surface area contributed by atoms with Crippen LogP contribution in [0, 0.1) is 5.41 Å². The summed E-state index contributed by atoms with van der Waals surface area (Å²) in [5.41, 5.74) is 2.11. The maximum absolute atomic E-state index is 12.5. The highest BCUT2D eigenvalue weighted by Gasteiger charge is 2.37. The smallest absolute Gasteiger partial charge is 0.283 e. The van der Waals surface area contributed by atoms with Crippen LogP contribution in [0.1, 0.15) is 11.1 Å². The van der Waals surface area contributed by atoms with Crippen molar-refractivity contribution in [3.63, 3.8) is 0 Å². The minimum atomic E-state index is -0.448. The maximum atomic E-state index is 12.5. The van der Waals surface area contributed by atoms with Gasteiger partial charge in [0.25, 0.3) is 5.91 Å². The lowest BCUT2D eigenvalue weighted by atomic mass is 10.1. The van der Waals surface area contributed by atoms with Gasteiger partial charge in [0, 0.05) is 5.75 Å². The molecule has 0 saturated heterocycles. The lowest BCUT2D eigenvalue weighted by Gasteiger charge is -2.24. The molecule has 1 N–H and O–H groups in total. The summed E-state index contributed by atoms with van der Waals surface area (Å²) < 4.78 is 15.1. The fourth-order valence-electron chi connectivity index (χ4n) is 2.99. The summed E-state index contributed by atoms with van der Waals surface area (Å²) in [6.45, 7) is 0.182. The van der Waals surface area contributed by atoms with E-state index in [1.165, 1.54) is 11.8 Å². The van der Waals surface area contributed by atoms with Crippen LogP contribution in [-0.2, 0) is 10.5 Å². The Bertz CT molecular complexity index is 1110. The van der Waals surface area contributed by atoms with Gasteiger partial charge in [0.2, 0.25) is 12.0 Å². The number of thioether (sulfide) groups is 1. The lowest BCUT2D eigenvalue weighted by Crippen LogP contribution is -2.41. The third-order valence-corrected chi connectivity index (χ3v) is 6.24. The number of nitrogens with one attached hydrogen (secondary N) is 1. The van der Waals surface area contributed by atoms with E-state index in [0.29, 0.717) is 27.6 Å². The number of amidine groups is 3. The summed E-state index contributed by atoms with van der Waals surface area (Å²) in [4.78, 5) is 18.3. The second-order valence-corrected chi connectivity index (χ2v) is 7.97. The van der Waals surface area contributed by atoms with Gasteiger partial charge in [-0.2, -0.15) is 9.39 Å². The molecule has 7 nitrogen and oxygen atoms in total. The van der Waals surface area contributed by atoms with E-state index >= 15 is 0 Å². The van der Waals surface area contributed by atoms with Crippen molar-refractivity contribution < 1.29 is 14.3 Å². The number of hydrogen-bond acceptors (Lipinski definition) is 7. The number of fused-ring (bicyclic) bond motifs is 2. The van der Waals surface area contributed by atoms with E-state index < -0.39 is 5.91 Å². The highest BCUT2D eigenvalue weighted by atomic mass is 32.2. The summed E-state index contributed by atoms with van der Waals surface area (Å²) in [6, 6.07) is 15.4. The van der Waals surface area contributed by atoms with Gasteiger partial charge < -0.3 is 9.47 Å². The average Bonchev–Trinajstić information content (AvgIpc) is 3.36. The number of carbonyl (C=O) groups is 1. The van der Waals surface area contributed by atoms with Gasteiger partial charge in [0.1, 0.15) is 5.84 Å². The molecule has 2 aromatic carbocycles. The van der Waals surface area contributed by atoms with E-state index in [2.05, 4.69) is 9.39 Å². The first-order valence-electron chi connectivity index (χ1n) is 8.74. The summed E-state index contributed by atoms with van der Waals surface area (Å²) >= 11 is 2.63. The van der Waals surface area contributed by atoms with E-state index in [-0.39, 0.29) is 18.2 Å². The van der Waals surface area contributed by atoms with Crippen LogP contribution in [0.4, 0.5) is 0 Å². The number of hydrogen-bond donors (Lipinski definition) is 1. The van der Waals surface area contributed by atoms with Gasteiger partial charge in [-0.25, -0.2) is 4.90 Å². The summed E-state index contributed by atoms with van der Waals surface area (Å²) in [7, 11) is 0. The van der Waals surface area contributed by atoms with Crippen molar-refractivity contribution >= 4 is 51.9 Å². The molecule has 144 valence electrons. The largest absolute Gasteiger partial charge is 0.454 e. The van der Waals surface area contributed by atoms with E-state index in [1.807, 2.05) is 36.4 Å². The fraction of sp³-hybridized carbons (Fsp3) is 0.100. The average molecular weight is 422 g/mol. The molecule has 3 heterocycles. The third-order valence-electron chi connectivity index (χ3n) is 4.41. The molecule has 1 amide bonds. The van der Waals surface area contributed by atoms with Crippen molar-refractivity contribution in [2.24, 2.45) is 9.39 Å². The summed E-state index contributed by atoms with van der Waals surface area (Å²) in [5, 5.41) is 9.67. The van der Waals surface area contributed by atoms with Crippen molar-refractivity contribution in [2.45, 2.75) is 5.75 Å².